The second kappa shape index (κ2) is 6.58. The van der Waals surface area contributed by atoms with Crippen LogP contribution in [0.3, 0.4) is 0 Å². The molecule has 0 heterocycles. The summed E-state index contributed by atoms with van der Waals surface area (Å²) in [5.74, 6) is 0.227. The lowest BCUT2D eigenvalue weighted by atomic mass is 9.98. The van der Waals surface area contributed by atoms with E-state index in [-0.39, 0.29) is 12.0 Å². The highest BCUT2D eigenvalue weighted by molar-refractivity contribution is 4.67. The molecule has 0 saturated heterocycles. The van der Waals surface area contributed by atoms with Crippen molar-refractivity contribution in [2.45, 2.75) is 25.9 Å². The quantitative estimate of drug-likeness (QED) is 0.591. The molecule has 68 valence electrons. The summed E-state index contributed by atoms with van der Waals surface area (Å²) in [7, 11) is 1.64. The SMILES string of the molecule is CCC(CN)C(O)CCOC. The van der Waals surface area contributed by atoms with E-state index in [2.05, 4.69) is 0 Å². The van der Waals surface area contributed by atoms with Gasteiger partial charge in [0.25, 0.3) is 0 Å². The Morgan fingerprint density at radius 1 is 1.55 bits per heavy atom. The minimum atomic E-state index is -0.301. The zero-order chi connectivity index (χ0) is 8.69. The van der Waals surface area contributed by atoms with Gasteiger partial charge in [-0.05, 0) is 25.3 Å². The van der Waals surface area contributed by atoms with Crippen molar-refractivity contribution in [3.8, 4) is 0 Å². The lowest BCUT2D eigenvalue weighted by Crippen LogP contribution is -2.28. The summed E-state index contributed by atoms with van der Waals surface area (Å²) >= 11 is 0. The third-order valence-electron chi connectivity index (χ3n) is 1.99. The average molecular weight is 161 g/mol. The highest BCUT2D eigenvalue weighted by atomic mass is 16.5. The maximum atomic E-state index is 9.48. The Labute approximate surface area is 68.5 Å². The fourth-order valence-electron chi connectivity index (χ4n) is 1.07. The number of aliphatic hydroxyl groups excluding tert-OH is 1. The highest BCUT2D eigenvalue weighted by Crippen LogP contribution is 2.09. The molecule has 0 fully saturated rings. The van der Waals surface area contributed by atoms with Crippen molar-refractivity contribution < 1.29 is 9.84 Å². The van der Waals surface area contributed by atoms with Crippen LogP contribution in [0.5, 0.6) is 0 Å². The van der Waals surface area contributed by atoms with E-state index in [1.807, 2.05) is 6.92 Å². The third-order valence-corrected chi connectivity index (χ3v) is 1.99. The van der Waals surface area contributed by atoms with E-state index in [1.165, 1.54) is 0 Å². The molecule has 0 aromatic heterocycles. The molecule has 0 aliphatic rings. The Bertz CT molecular complexity index is 84.2. The number of nitrogens with two attached hydrogens (primary N) is 1. The van der Waals surface area contributed by atoms with Crippen LogP contribution in [0.4, 0.5) is 0 Å². The van der Waals surface area contributed by atoms with Gasteiger partial charge in [0, 0.05) is 13.7 Å². The Morgan fingerprint density at radius 3 is 2.55 bits per heavy atom. The molecule has 11 heavy (non-hydrogen) atoms. The monoisotopic (exact) mass is 161 g/mol. The van der Waals surface area contributed by atoms with E-state index >= 15 is 0 Å². The Hall–Kier alpha value is -0.120. The minimum absolute atomic E-state index is 0.227. The van der Waals surface area contributed by atoms with Gasteiger partial charge in [0.05, 0.1) is 6.10 Å². The van der Waals surface area contributed by atoms with Gasteiger partial charge in [0.2, 0.25) is 0 Å². The lowest BCUT2D eigenvalue weighted by molar-refractivity contribution is 0.0676. The molecule has 0 saturated carbocycles. The molecule has 0 aliphatic heterocycles. The molecule has 3 N–H and O–H groups in total. The summed E-state index contributed by atoms with van der Waals surface area (Å²) in [6.07, 6.45) is 1.32. The lowest BCUT2D eigenvalue weighted by Gasteiger charge is -2.18. The Kier molecular flexibility index (Phi) is 6.51. The number of methoxy groups -OCH3 is 1. The smallest absolute Gasteiger partial charge is 0.0602 e. The van der Waals surface area contributed by atoms with E-state index in [1.54, 1.807) is 7.11 Å². The molecule has 0 amide bonds. The van der Waals surface area contributed by atoms with Crippen molar-refractivity contribution in [1.82, 2.24) is 0 Å². The van der Waals surface area contributed by atoms with Crippen molar-refractivity contribution in [3.63, 3.8) is 0 Å². The van der Waals surface area contributed by atoms with Gasteiger partial charge in [0.1, 0.15) is 0 Å². The molecule has 0 radical (unpaired) electrons. The fraction of sp³-hybridized carbons (Fsp3) is 1.00. The first-order valence-corrected chi connectivity index (χ1v) is 4.13. The molecule has 2 unspecified atom stereocenters. The standard InChI is InChI=1S/C8H19NO2/c1-3-7(6-9)8(10)4-5-11-2/h7-8,10H,3-6,9H2,1-2H3. The largest absolute Gasteiger partial charge is 0.393 e. The summed E-state index contributed by atoms with van der Waals surface area (Å²) in [5, 5.41) is 9.48. The first-order chi connectivity index (χ1) is 5.26. The average Bonchev–Trinajstić information content (AvgIpc) is 2.03. The van der Waals surface area contributed by atoms with Crippen LogP contribution in [0.25, 0.3) is 0 Å². The van der Waals surface area contributed by atoms with E-state index in [0.717, 1.165) is 6.42 Å². The van der Waals surface area contributed by atoms with Crippen molar-refractivity contribution in [1.29, 1.82) is 0 Å². The van der Waals surface area contributed by atoms with Gasteiger partial charge in [-0.15, -0.1) is 0 Å². The van der Waals surface area contributed by atoms with Crippen LogP contribution in [0, 0.1) is 5.92 Å². The molecule has 3 heteroatoms. The van der Waals surface area contributed by atoms with Crippen molar-refractivity contribution in [2.24, 2.45) is 11.7 Å². The van der Waals surface area contributed by atoms with Crippen molar-refractivity contribution in [2.75, 3.05) is 20.3 Å². The summed E-state index contributed by atoms with van der Waals surface area (Å²) in [6, 6.07) is 0. The molecule has 0 bridgehead atoms. The predicted molar refractivity (Wildman–Crippen MR) is 45.3 cm³/mol. The van der Waals surface area contributed by atoms with Gasteiger partial charge < -0.3 is 15.6 Å². The number of hydrogen-bond acceptors (Lipinski definition) is 3. The second-order valence-corrected chi connectivity index (χ2v) is 2.75. The van der Waals surface area contributed by atoms with Crippen LogP contribution in [0.2, 0.25) is 0 Å². The second-order valence-electron chi connectivity index (χ2n) is 2.75. The molecule has 2 atom stereocenters. The zero-order valence-electron chi connectivity index (χ0n) is 7.42. The molecular formula is C8H19NO2. The van der Waals surface area contributed by atoms with Crippen LogP contribution in [0.1, 0.15) is 19.8 Å². The van der Waals surface area contributed by atoms with Gasteiger partial charge in [-0.2, -0.15) is 0 Å². The van der Waals surface area contributed by atoms with Crippen molar-refractivity contribution in [3.05, 3.63) is 0 Å². The molecule has 0 aliphatic carbocycles. The Morgan fingerprint density at radius 2 is 2.18 bits per heavy atom. The molecule has 0 spiro atoms. The first kappa shape index (κ1) is 10.9. The van der Waals surface area contributed by atoms with Crippen LogP contribution in [-0.2, 0) is 4.74 Å². The van der Waals surface area contributed by atoms with Crippen LogP contribution in [0.15, 0.2) is 0 Å². The maximum absolute atomic E-state index is 9.48. The number of hydrogen-bond donors (Lipinski definition) is 2. The first-order valence-electron chi connectivity index (χ1n) is 4.13. The van der Waals surface area contributed by atoms with Gasteiger partial charge in [-0.1, -0.05) is 6.92 Å². The molecule has 0 aromatic rings. The van der Waals surface area contributed by atoms with Crippen molar-refractivity contribution >= 4 is 0 Å². The van der Waals surface area contributed by atoms with E-state index in [0.29, 0.717) is 19.6 Å². The van der Waals surface area contributed by atoms with Gasteiger partial charge in [-0.25, -0.2) is 0 Å². The highest BCUT2D eigenvalue weighted by Gasteiger charge is 2.14. The topological polar surface area (TPSA) is 55.5 Å². The summed E-state index contributed by atoms with van der Waals surface area (Å²) < 4.78 is 4.85. The van der Waals surface area contributed by atoms with E-state index < -0.39 is 0 Å². The summed E-state index contributed by atoms with van der Waals surface area (Å²) in [5.41, 5.74) is 5.46. The fourth-order valence-corrected chi connectivity index (χ4v) is 1.07. The predicted octanol–water partition coefficient (Wildman–Crippen LogP) is 0.369. The molecule has 0 aromatic carbocycles. The molecule has 0 rings (SSSR count). The van der Waals surface area contributed by atoms with Crippen LogP contribution < -0.4 is 5.73 Å². The van der Waals surface area contributed by atoms with Crippen LogP contribution >= 0.6 is 0 Å². The number of aliphatic hydroxyl groups is 1. The molecular weight excluding hydrogens is 142 g/mol. The summed E-state index contributed by atoms with van der Waals surface area (Å²) in [6.45, 7) is 3.20. The zero-order valence-corrected chi connectivity index (χ0v) is 7.42. The normalized spacial score (nSPS) is 16.4. The van der Waals surface area contributed by atoms with E-state index in [4.69, 9.17) is 10.5 Å². The Balaban J connectivity index is 3.51. The third kappa shape index (κ3) is 4.35. The van der Waals surface area contributed by atoms with Crippen LogP contribution in [-0.4, -0.2) is 31.5 Å². The minimum Gasteiger partial charge on any atom is -0.393 e. The number of rotatable bonds is 6. The van der Waals surface area contributed by atoms with E-state index in [9.17, 15) is 5.11 Å². The van der Waals surface area contributed by atoms with Gasteiger partial charge in [-0.3, -0.25) is 0 Å². The van der Waals surface area contributed by atoms with Gasteiger partial charge in [0.15, 0.2) is 0 Å². The maximum Gasteiger partial charge on any atom is 0.0602 e. The number of ether oxygens (including phenoxy) is 1. The van der Waals surface area contributed by atoms with Gasteiger partial charge >= 0.3 is 0 Å². The molecule has 3 nitrogen and oxygen atoms in total. The summed E-state index contributed by atoms with van der Waals surface area (Å²) in [4.78, 5) is 0.